The fraction of sp³-hybridized carbons (Fsp3) is 0.429. The SMILES string of the molecule is CCCCN(CC)C(=O)c1ccc(C(=O)O)cc1. The van der Waals surface area contributed by atoms with Gasteiger partial charge < -0.3 is 10.0 Å². The third-order valence-electron chi connectivity index (χ3n) is 2.83. The second kappa shape index (κ2) is 6.79. The number of carbonyl (C=O) groups excluding carboxylic acids is 1. The number of aromatic carboxylic acids is 1. The smallest absolute Gasteiger partial charge is 0.335 e. The Hall–Kier alpha value is -1.84. The lowest BCUT2D eigenvalue weighted by atomic mass is 10.1. The van der Waals surface area contributed by atoms with E-state index in [1.54, 1.807) is 17.0 Å². The van der Waals surface area contributed by atoms with Gasteiger partial charge in [-0.3, -0.25) is 4.79 Å². The number of carboxylic acid groups (broad SMARTS) is 1. The molecule has 0 aliphatic rings. The lowest BCUT2D eigenvalue weighted by Crippen LogP contribution is -2.31. The Balaban J connectivity index is 2.78. The summed E-state index contributed by atoms with van der Waals surface area (Å²) in [6, 6.07) is 6.06. The molecule has 1 aromatic carbocycles. The number of amides is 1. The van der Waals surface area contributed by atoms with Crippen molar-refractivity contribution >= 4 is 11.9 Å². The molecule has 0 fully saturated rings. The molecule has 1 aromatic rings. The van der Waals surface area contributed by atoms with Crippen LogP contribution in [-0.4, -0.2) is 35.0 Å². The van der Waals surface area contributed by atoms with E-state index >= 15 is 0 Å². The second-order valence-electron chi connectivity index (χ2n) is 4.12. The lowest BCUT2D eigenvalue weighted by Gasteiger charge is -2.20. The minimum Gasteiger partial charge on any atom is -0.478 e. The normalized spacial score (nSPS) is 10.1. The number of nitrogens with zero attached hydrogens (tertiary/aromatic N) is 1. The van der Waals surface area contributed by atoms with Gasteiger partial charge in [-0.25, -0.2) is 4.79 Å². The molecule has 0 spiro atoms. The van der Waals surface area contributed by atoms with E-state index in [9.17, 15) is 9.59 Å². The first-order valence-corrected chi connectivity index (χ1v) is 6.22. The van der Waals surface area contributed by atoms with E-state index in [4.69, 9.17) is 5.11 Å². The third kappa shape index (κ3) is 3.58. The van der Waals surface area contributed by atoms with Gasteiger partial charge in [-0.05, 0) is 37.6 Å². The minimum atomic E-state index is -0.979. The van der Waals surface area contributed by atoms with Crippen LogP contribution in [0.4, 0.5) is 0 Å². The van der Waals surface area contributed by atoms with Crippen LogP contribution in [-0.2, 0) is 0 Å². The number of hydrogen-bond donors (Lipinski definition) is 1. The summed E-state index contributed by atoms with van der Waals surface area (Å²) in [5, 5.41) is 8.79. The van der Waals surface area contributed by atoms with E-state index in [1.807, 2.05) is 6.92 Å². The Morgan fingerprint density at radius 3 is 2.11 bits per heavy atom. The number of hydrogen-bond acceptors (Lipinski definition) is 2. The molecule has 98 valence electrons. The first-order valence-electron chi connectivity index (χ1n) is 6.22. The maximum absolute atomic E-state index is 12.1. The molecule has 0 atom stereocenters. The molecule has 0 aliphatic carbocycles. The summed E-state index contributed by atoms with van der Waals surface area (Å²) in [5.41, 5.74) is 0.737. The monoisotopic (exact) mass is 249 g/mol. The van der Waals surface area contributed by atoms with Crippen LogP contribution < -0.4 is 0 Å². The molecule has 0 aromatic heterocycles. The Morgan fingerprint density at radius 2 is 1.67 bits per heavy atom. The zero-order chi connectivity index (χ0) is 13.5. The van der Waals surface area contributed by atoms with Crippen molar-refractivity contribution in [2.75, 3.05) is 13.1 Å². The summed E-state index contributed by atoms with van der Waals surface area (Å²) in [6.45, 7) is 5.44. The molecule has 0 bridgehead atoms. The molecule has 0 unspecified atom stereocenters. The van der Waals surface area contributed by atoms with E-state index < -0.39 is 5.97 Å². The Kier molecular flexibility index (Phi) is 5.36. The van der Waals surface area contributed by atoms with Crippen LogP contribution in [0.25, 0.3) is 0 Å². The summed E-state index contributed by atoms with van der Waals surface area (Å²) in [4.78, 5) is 24.6. The zero-order valence-corrected chi connectivity index (χ0v) is 10.8. The largest absolute Gasteiger partial charge is 0.478 e. The average Bonchev–Trinajstić information content (AvgIpc) is 2.39. The second-order valence-corrected chi connectivity index (χ2v) is 4.12. The molecule has 0 radical (unpaired) electrons. The zero-order valence-electron chi connectivity index (χ0n) is 10.8. The first kappa shape index (κ1) is 14.2. The predicted molar refractivity (Wildman–Crippen MR) is 69.9 cm³/mol. The molecular formula is C14H19NO3. The van der Waals surface area contributed by atoms with E-state index in [0.29, 0.717) is 12.1 Å². The van der Waals surface area contributed by atoms with Gasteiger partial charge in [-0.1, -0.05) is 13.3 Å². The van der Waals surface area contributed by atoms with E-state index in [0.717, 1.165) is 19.4 Å². The van der Waals surface area contributed by atoms with Crippen LogP contribution in [0.3, 0.4) is 0 Å². The molecule has 1 N–H and O–H groups in total. The Labute approximate surface area is 107 Å². The number of carbonyl (C=O) groups is 2. The van der Waals surface area contributed by atoms with Crippen LogP contribution in [0.15, 0.2) is 24.3 Å². The van der Waals surface area contributed by atoms with Crippen LogP contribution in [0, 0.1) is 0 Å². The summed E-state index contributed by atoms with van der Waals surface area (Å²) >= 11 is 0. The summed E-state index contributed by atoms with van der Waals surface area (Å²) in [5.74, 6) is -1.02. The fourth-order valence-electron chi connectivity index (χ4n) is 1.69. The van der Waals surface area contributed by atoms with Gasteiger partial charge in [-0.15, -0.1) is 0 Å². The van der Waals surface area contributed by atoms with Crippen molar-refractivity contribution < 1.29 is 14.7 Å². The maximum Gasteiger partial charge on any atom is 0.335 e. The number of unbranched alkanes of at least 4 members (excludes halogenated alkanes) is 1. The molecule has 1 amide bonds. The van der Waals surface area contributed by atoms with Crippen LogP contribution in [0.5, 0.6) is 0 Å². The van der Waals surface area contributed by atoms with Crippen LogP contribution in [0.2, 0.25) is 0 Å². The summed E-state index contributed by atoms with van der Waals surface area (Å²) in [6.07, 6.45) is 2.02. The van der Waals surface area contributed by atoms with Crippen molar-refractivity contribution in [2.24, 2.45) is 0 Å². The lowest BCUT2D eigenvalue weighted by molar-refractivity contribution is 0.0694. The van der Waals surface area contributed by atoms with Gasteiger partial charge in [0.1, 0.15) is 0 Å². The molecule has 4 heteroatoms. The van der Waals surface area contributed by atoms with E-state index in [1.165, 1.54) is 12.1 Å². The van der Waals surface area contributed by atoms with Gasteiger partial charge in [-0.2, -0.15) is 0 Å². The minimum absolute atomic E-state index is 0.0390. The molecule has 1 rings (SSSR count). The highest BCUT2D eigenvalue weighted by atomic mass is 16.4. The van der Waals surface area contributed by atoms with Gasteiger partial charge in [0.05, 0.1) is 5.56 Å². The molecular weight excluding hydrogens is 230 g/mol. The quantitative estimate of drug-likeness (QED) is 0.843. The molecule has 0 saturated carbocycles. The van der Waals surface area contributed by atoms with Crippen LogP contribution in [0.1, 0.15) is 47.4 Å². The maximum atomic E-state index is 12.1. The molecule has 18 heavy (non-hydrogen) atoms. The highest BCUT2D eigenvalue weighted by Crippen LogP contribution is 2.09. The van der Waals surface area contributed by atoms with E-state index in [-0.39, 0.29) is 11.5 Å². The summed E-state index contributed by atoms with van der Waals surface area (Å²) < 4.78 is 0. The van der Waals surface area contributed by atoms with Crippen molar-refractivity contribution in [3.05, 3.63) is 35.4 Å². The van der Waals surface area contributed by atoms with Crippen molar-refractivity contribution in [1.29, 1.82) is 0 Å². The highest BCUT2D eigenvalue weighted by molar-refractivity contribution is 5.95. The predicted octanol–water partition coefficient (Wildman–Crippen LogP) is 2.65. The number of benzene rings is 1. The van der Waals surface area contributed by atoms with Gasteiger partial charge >= 0.3 is 5.97 Å². The Morgan fingerprint density at radius 1 is 1.11 bits per heavy atom. The number of carboxylic acids is 1. The Bertz CT molecular complexity index is 412. The van der Waals surface area contributed by atoms with Crippen LogP contribution >= 0.6 is 0 Å². The topological polar surface area (TPSA) is 57.6 Å². The van der Waals surface area contributed by atoms with Crippen molar-refractivity contribution in [3.8, 4) is 0 Å². The van der Waals surface area contributed by atoms with Crippen molar-refractivity contribution in [2.45, 2.75) is 26.7 Å². The first-order chi connectivity index (χ1) is 8.60. The van der Waals surface area contributed by atoms with Gasteiger partial charge in [0.2, 0.25) is 0 Å². The average molecular weight is 249 g/mol. The highest BCUT2D eigenvalue weighted by Gasteiger charge is 2.13. The summed E-state index contributed by atoms with van der Waals surface area (Å²) in [7, 11) is 0. The van der Waals surface area contributed by atoms with E-state index in [2.05, 4.69) is 6.92 Å². The molecule has 0 aliphatic heterocycles. The van der Waals surface area contributed by atoms with Crippen molar-refractivity contribution in [1.82, 2.24) is 4.90 Å². The van der Waals surface area contributed by atoms with Gasteiger partial charge in [0.25, 0.3) is 5.91 Å². The molecule has 4 nitrogen and oxygen atoms in total. The van der Waals surface area contributed by atoms with Gasteiger partial charge in [0.15, 0.2) is 0 Å². The molecule has 0 heterocycles. The standard InChI is InChI=1S/C14H19NO3/c1-3-5-10-15(4-2)13(16)11-6-8-12(9-7-11)14(17)18/h6-9H,3-5,10H2,1-2H3,(H,17,18). The third-order valence-corrected chi connectivity index (χ3v) is 2.83. The number of rotatable bonds is 6. The van der Waals surface area contributed by atoms with Crippen molar-refractivity contribution in [3.63, 3.8) is 0 Å². The fourth-order valence-corrected chi connectivity index (χ4v) is 1.69. The van der Waals surface area contributed by atoms with Gasteiger partial charge in [0, 0.05) is 18.7 Å². The molecule has 0 saturated heterocycles.